The third-order valence-corrected chi connectivity index (χ3v) is 5.82. The molecule has 0 radical (unpaired) electrons. The summed E-state index contributed by atoms with van der Waals surface area (Å²) in [6.45, 7) is 3.81. The lowest BCUT2D eigenvalue weighted by Crippen LogP contribution is -2.43. The molecule has 1 N–H and O–H groups in total. The van der Waals surface area contributed by atoms with Crippen molar-refractivity contribution in [3.63, 3.8) is 0 Å². The standard InChI is InChI=1S/C19H19BrN2S/c1-2-13-23-19(20)21-17(15-9-5-3-6-10-15)14-18(22-19)16-11-7-4-8-12-16/h2-12,17,21H,1,13-14H2/t17-,19-/m1/s1. The van der Waals surface area contributed by atoms with E-state index in [0.29, 0.717) is 0 Å². The maximum absolute atomic E-state index is 4.93. The number of rotatable bonds is 5. The van der Waals surface area contributed by atoms with Gasteiger partial charge < -0.3 is 0 Å². The molecule has 0 amide bonds. The molecule has 3 rings (SSSR count). The summed E-state index contributed by atoms with van der Waals surface area (Å²) < 4.78 is -0.523. The molecule has 1 aliphatic rings. The van der Waals surface area contributed by atoms with Gasteiger partial charge in [-0.15, -0.1) is 18.3 Å². The summed E-state index contributed by atoms with van der Waals surface area (Å²) in [5, 5.41) is 3.63. The normalized spacial score (nSPS) is 24.0. The highest BCUT2D eigenvalue weighted by Gasteiger charge is 2.35. The maximum atomic E-state index is 4.93. The molecule has 1 heterocycles. The Morgan fingerprint density at radius 2 is 1.83 bits per heavy atom. The quantitative estimate of drug-likeness (QED) is 0.437. The van der Waals surface area contributed by atoms with Gasteiger partial charge in [0.15, 0.2) is 0 Å². The molecule has 0 bridgehead atoms. The van der Waals surface area contributed by atoms with Crippen LogP contribution in [0.25, 0.3) is 0 Å². The topological polar surface area (TPSA) is 24.4 Å². The van der Waals surface area contributed by atoms with Crippen LogP contribution in [0.3, 0.4) is 0 Å². The van der Waals surface area contributed by atoms with Crippen LogP contribution in [0.15, 0.2) is 78.3 Å². The van der Waals surface area contributed by atoms with Crippen LogP contribution in [0.4, 0.5) is 0 Å². The summed E-state index contributed by atoms with van der Waals surface area (Å²) in [5.74, 6) is 0.825. The molecule has 0 spiro atoms. The van der Waals surface area contributed by atoms with Crippen LogP contribution in [0.5, 0.6) is 0 Å². The molecular weight excluding hydrogens is 368 g/mol. The highest BCUT2D eigenvalue weighted by atomic mass is 79.9. The predicted molar refractivity (Wildman–Crippen MR) is 104 cm³/mol. The van der Waals surface area contributed by atoms with Crippen molar-refractivity contribution in [2.45, 2.75) is 16.4 Å². The van der Waals surface area contributed by atoms with Gasteiger partial charge in [-0.3, -0.25) is 5.32 Å². The zero-order valence-corrected chi connectivity index (χ0v) is 15.2. The fraction of sp³-hybridized carbons (Fsp3) is 0.211. The van der Waals surface area contributed by atoms with E-state index in [1.54, 1.807) is 11.8 Å². The van der Waals surface area contributed by atoms with Gasteiger partial charge in [0.25, 0.3) is 0 Å². The first kappa shape index (κ1) is 16.5. The van der Waals surface area contributed by atoms with E-state index < -0.39 is 3.90 Å². The molecule has 0 saturated carbocycles. The summed E-state index contributed by atoms with van der Waals surface area (Å²) in [4.78, 5) is 4.93. The Morgan fingerprint density at radius 1 is 1.17 bits per heavy atom. The molecule has 1 aliphatic heterocycles. The van der Waals surface area contributed by atoms with Crippen molar-refractivity contribution in [2.75, 3.05) is 5.75 Å². The van der Waals surface area contributed by atoms with Gasteiger partial charge >= 0.3 is 0 Å². The molecule has 0 saturated heterocycles. The van der Waals surface area contributed by atoms with E-state index in [4.69, 9.17) is 4.99 Å². The first-order valence-corrected chi connectivity index (χ1v) is 9.38. The first-order chi connectivity index (χ1) is 11.2. The van der Waals surface area contributed by atoms with E-state index in [-0.39, 0.29) is 6.04 Å². The number of thioether (sulfide) groups is 1. The van der Waals surface area contributed by atoms with Gasteiger partial charge in [0, 0.05) is 23.9 Å². The minimum atomic E-state index is -0.523. The molecule has 0 fully saturated rings. The number of aliphatic imine (C=N–C) groups is 1. The third-order valence-electron chi connectivity index (χ3n) is 3.73. The number of nitrogens with zero attached hydrogens (tertiary/aromatic N) is 1. The van der Waals surface area contributed by atoms with Crippen LogP contribution in [-0.4, -0.2) is 15.4 Å². The van der Waals surface area contributed by atoms with E-state index in [0.717, 1.165) is 17.9 Å². The molecule has 4 heteroatoms. The lowest BCUT2D eigenvalue weighted by atomic mass is 9.96. The minimum absolute atomic E-state index is 0.223. The second kappa shape index (κ2) is 7.47. The Morgan fingerprint density at radius 3 is 2.48 bits per heavy atom. The van der Waals surface area contributed by atoms with Crippen molar-refractivity contribution in [1.82, 2.24) is 5.32 Å². The summed E-state index contributed by atoms with van der Waals surface area (Å²) in [6, 6.07) is 21.2. The van der Waals surface area contributed by atoms with Gasteiger partial charge in [-0.25, -0.2) is 4.99 Å². The summed E-state index contributed by atoms with van der Waals surface area (Å²) in [6.07, 6.45) is 2.77. The fourth-order valence-electron chi connectivity index (χ4n) is 2.65. The number of nitrogens with one attached hydrogen (secondary N) is 1. The van der Waals surface area contributed by atoms with E-state index >= 15 is 0 Å². The average Bonchev–Trinajstić information content (AvgIpc) is 2.61. The van der Waals surface area contributed by atoms with Crippen molar-refractivity contribution < 1.29 is 0 Å². The number of benzene rings is 2. The Labute approximate surface area is 150 Å². The minimum Gasteiger partial charge on any atom is -0.268 e. The second-order valence-corrected chi connectivity index (χ2v) is 8.28. The van der Waals surface area contributed by atoms with Gasteiger partial charge in [0.1, 0.15) is 0 Å². The van der Waals surface area contributed by atoms with Gasteiger partial charge in [-0.05, 0) is 27.1 Å². The summed E-state index contributed by atoms with van der Waals surface area (Å²) >= 11 is 5.49. The molecule has 2 aromatic carbocycles. The SMILES string of the molecule is C=CCS[C@@]1(Br)N=C(c2ccccc2)C[C@H](c2ccccc2)N1. The van der Waals surface area contributed by atoms with Crippen molar-refractivity contribution >= 4 is 33.4 Å². The third kappa shape index (κ3) is 4.14. The van der Waals surface area contributed by atoms with Crippen LogP contribution in [0.1, 0.15) is 23.6 Å². The van der Waals surface area contributed by atoms with E-state index in [1.165, 1.54) is 11.1 Å². The lowest BCUT2D eigenvalue weighted by Gasteiger charge is -2.35. The van der Waals surface area contributed by atoms with Crippen molar-refractivity contribution in [1.29, 1.82) is 0 Å². The van der Waals surface area contributed by atoms with Crippen molar-refractivity contribution in [2.24, 2.45) is 4.99 Å². The first-order valence-electron chi connectivity index (χ1n) is 7.61. The molecule has 0 unspecified atom stereocenters. The Kier molecular flexibility index (Phi) is 5.36. The Hall–Kier alpha value is -1.36. The zero-order chi connectivity index (χ0) is 16.1. The van der Waals surface area contributed by atoms with Crippen molar-refractivity contribution in [3.8, 4) is 0 Å². The van der Waals surface area contributed by atoms with E-state index in [1.807, 2.05) is 18.2 Å². The highest BCUT2D eigenvalue weighted by molar-refractivity contribution is 9.11. The second-order valence-electron chi connectivity index (χ2n) is 5.40. The number of hydrogen-bond acceptors (Lipinski definition) is 3. The van der Waals surface area contributed by atoms with Crippen LogP contribution in [0, 0.1) is 0 Å². The van der Waals surface area contributed by atoms with E-state index in [2.05, 4.69) is 76.4 Å². The molecule has 0 aliphatic carbocycles. The zero-order valence-electron chi connectivity index (χ0n) is 12.8. The van der Waals surface area contributed by atoms with Crippen molar-refractivity contribution in [3.05, 3.63) is 84.4 Å². The molecule has 118 valence electrons. The highest BCUT2D eigenvalue weighted by Crippen LogP contribution is 2.39. The van der Waals surface area contributed by atoms with E-state index in [9.17, 15) is 0 Å². The molecule has 0 aromatic heterocycles. The van der Waals surface area contributed by atoms with Gasteiger partial charge in [0.05, 0.1) is 0 Å². The molecular formula is C19H19BrN2S. The van der Waals surface area contributed by atoms with Gasteiger partial charge in [-0.2, -0.15) is 0 Å². The number of hydrogen-bond donors (Lipinski definition) is 1. The monoisotopic (exact) mass is 386 g/mol. The smallest absolute Gasteiger partial charge is 0.215 e. The van der Waals surface area contributed by atoms with Crippen LogP contribution >= 0.6 is 27.7 Å². The van der Waals surface area contributed by atoms with Crippen LogP contribution in [-0.2, 0) is 0 Å². The van der Waals surface area contributed by atoms with Gasteiger partial charge in [0.2, 0.25) is 3.90 Å². The maximum Gasteiger partial charge on any atom is 0.215 e. The van der Waals surface area contributed by atoms with Gasteiger partial charge in [-0.1, -0.05) is 66.7 Å². The number of alkyl halides is 1. The van der Waals surface area contributed by atoms with Crippen LogP contribution < -0.4 is 5.32 Å². The largest absolute Gasteiger partial charge is 0.268 e. The average molecular weight is 387 g/mol. The summed E-state index contributed by atoms with van der Waals surface area (Å²) in [5.41, 5.74) is 3.57. The predicted octanol–water partition coefficient (Wildman–Crippen LogP) is 5.14. The Bertz CT molecular complexity index is 687. The lowest BCUT2D eigenvalue weighted by molar-refractivity contribution is 0.496. The molecule has 23 heavy (non-hydrogen) atoms. The summed E-state index contributed by atoms with van der Waals surface area (Å²) in [7, 11) is 0. The number of halogens is 1. The molecule has 2 nitrogen and oxygen atoms in total. The van der Waals surface area contributed by atoms with Crippen LogP contribution in [0.2, 0.25) is 0 Å². The molecule has 2 atom stereocenters. The fourth-order valence-corrected chi connectivity index (χ4v) is 4.28. The Balaban J connectivity index is 1.95. The molecule has 2 aromatic rings.